The van der Waals surface area contributed by atoms with Crippen LogP contribution in [0.4, 0.5) is 0 Å². The molecule has 0 N–H and O–H groups in total. The Morgan fingerprint density at radius 2 is 2.25 bits per heavy atom. The zero-order valence-electron chi connectivity index (χ0n) is 11.1. The number of likely N-dealkylation sites (tertiary alicyclic amines) is 1. The fourth-order valence-electron chi connectivity index (χ4n) is 2.31. The third-order valence-electron chi connectivity index (χ3n) is 3.23. The minimum atomic E-state index is -0.502. The topological polar surface area (TPSA) is 46.6 Å². The van der Waals surface area contributed by atoms with Crippen LogP contribution < -0.4 is 0 Å². The highest BCUT2D eigenvalue weighted by atomic mass is 79.9. The van der Waals surface area contributed by atoms with Crippen LogP contribution in [-0.2, 0) is 9.53 Å². The van der Waals surface area contributed by atoms with E-state index in [1.807, 2.05) is 0 Å². The molecular formula is C14H15BrClNO3. The predicted molar refractivity (Wildman–Crippen MR) is 79.8 cm³/mol. The molecule has 0 aromatic heterocycles. The van der Waals surface area contributed by atoms with E-state index in [1.54, 1.807) is 30.0 Å². The molecule has 0 saturated carbocycles. The van der Waals surface area contributed by atoms with Crippen molar-refractivity contribution in [1.29, 1.82) is 0 Å². The van der Waals surface area contributed by atoms with Crippen molar-refractivity contribution < 1.29 is 14.3 Å². The largest absolute Gasteiger partial charge is 0.464 e. The minimum absolute atomic E-state index is 0.230. The SMILES string of the molecule is CCOC(=O)C1CCCN1C(=O)c1cc(Br)ccc1Cl. The molecule has 1 atom stereocenters. The number of amides is 1. The maximum absolute atomic E-state index is 12.6. The summed E-state index contributed by atoms with van der Waals surface area (Å²) in [6.07, 6.45) is 1.43. The molecule has 1 fully saturated rings. The zero-order valence-corrected chi connectivity index (χ0v) is 13.4. The Hall–Kier alpha value is -1.07. The van der Waals surface area contributed by atoms with Crippen molar-refractivity contribution in [3.63, 3.8) is 0 Å². The first-order valence-electron chi connectivity index (χ1n) is 6.47. The predicted octanol–water partition coefficient (Wildman–Crippen LogP) is 3.27. The number of benzene rings is 1. The van der Waals surface area contributed by atoms with E-state index >= 15 is 0 Å². The number of rotatable bonds is 3. The van der Waals surface area contributed by atoms with Gasteiger partial charge in [-0.3, -0.25) is 4.79 Å². The zero-order chi connectivity index (χ0) is 14.7. The maximum atomic E-state index is 12.6. The number of carbonyl (C=O) groups excluding carboxylic acids is 2. The van der Waals surface area contributed by atoms with Gasteiger partial charge < -0.3 is 9.64 Å². The summed E-state index contributed by atoms with van der Waals surface area (Å²) in [6, 6.07) is 4.60. The first kappa shape index (κ1) is 15.3. The summed E-state index contributed by atoms with van der Waals surface area (Å²) in [5.74, 6) is -0.573. The molecule has 0 spiro atoms. The molecule has 1 unspecified atom stereocenters. The van der Waals surface area contributed by atoms with E-state index in [1.165, 1.54) is 0 Å². The molecule has 1 aliphatic heterocycles. The van der Waals surface area contributed by atoms with Gasteiger partial charge in [-0.2, -0.15) is 0 Å². The van der Waals surface area contributed by atoms with Crippen molar-refractivity contribution in [1.82, 2.24) is 4.90 Å². The average molecular weight is 361 g/mol. The van der Waals surface area contributed by atoms with E-state index in [4.69, 9.17) is 16.3 Å². The number of esters is 1. The summed E-state index contributed by atoms with van der Waals surface area (Å²) in [5.41, 5.74) is 0.400. The molecule has 2 rings (SSSR count). The second kappa shape index (κ2) is 6.59. The second-order valence-electron chi connectivity index (χ2n) is 4.53. The summed E-state index contributed by atoms with van der Waals surface area (Å²) in [7, 11) is 0. The van der Waals surface area contributed by atoms with Crippen LogP contribution in [0.2, 0.25) is 5.02 Å². The number of hydrogen-bond donors (Lipinski definition) is 0. The Bertz CT molecular complexity index is 535. The van der Waals surface area contributed by atoms with E-state index in [2.05, 4.69) is 15.9 Å². The van der Waals surface area contributed by atoms with Gasteiger partial charge in [-0.15, -0.1) is 0 Å². The highest BCUT2D eigenvalue weighted by Gasteiger charge is 2.36. The molecule has 1 saturated heterocycles. The second-order valence-corrected chi connectivity index (χ2v) is 5.86. The van der Waals surface area contributed by atoms with Gasteiger partial charge in [0.15, 0.2) is 0 Å². The van der Waals surface area contributed by atoms with E-state index in [-0.39, 0.29) is 11.9 Å². The lowest BCUT2D eigenvalue weighted by Gasteiger charge is -2.23. The minimum Gasteiger partial charge on any atom is -0.464 e. The van der Waals surface area contributed by atoms with Gasteiger partial charge >= 0.3 is 5.97 Å². The molecule has 20 heavy (non-hydrogen) atoms. The molecule has 6 heteroatoms. The molecule has 0 aliphatic carbocycles. The van der Waals surface area contributed by atoms with E-state index in [0.29, 0.717) is 30.2 Å². The van der Waals surface area contributed by atoms with E-state index < -0.39 is 6.04 Å². The molecule has 1 aliphatic rings. The van der Waals surface area contributed by atoms with Crippen LogP contribution >= 0.6 is 27.5 Å². The fourth-order valence-corrected chi connectivity index (χ4v) is 2.87. The molecule has 108 valence electrons. The Labute approximate surface area is 131 Å². The first-order valence-corrected chi connectivity index (χ1v) is 7.64. The quantitative estimate of drug-likeness (QED) is 0.777. The molecule has 0 bridgehead atoms. The smallest absolute Gasteiger partial charge is 0.328 e. The molecule has 4 nitrogen and oxygen atoms in total. The number of ether oxygens (including phenoxy) is 1. The number of carbonyl (C=O) groups is 2. The van der Waals surface area contributed by atoms with Crippen molar-refractivity contribution in [3.05, 3.63) is 33.3 Å². The lowest BCUT2D eigenvalue weighted by Crippen LogP contribution is -2.41. The van der Waals surface area contributed by atoms with Gasteiger partial charge in [-0.05, 0) is 38.0 Å². The van der Waals surface area contributed by atoms with Crippen LogP contribution in [0.1, 0.15) is 30.1 Å². The third-order valence-corrected chi connectivity index (χ3v) is 4.05. The summed E-state index contributed by atoms with van der Waals surface area (Å²) in [6.45, 7) is 2.62. The third kappa shape index (κ3) is 3.15. The van der Waals surface area contributed by atoms with Gasteiger partial charge in [0.25, 0.3) is 5.91 Å². The number of halogens is 2. The molecule has 1 heterocycles. The van der Waals surface area contributed by atoms with Crippen molar-refractivity contribution in [2.24, 2.45) is 0 Å². The van der Waals surface area contributed by atoms with Gasteiger partial charge in [0.1, 0.15) is 6.04 Å². The molecule has 1 aromatic carbocycles. The van der Waals surface area contributed by atoms with Crippen LogP contribution in [0, 0.1) is 0 Å². The summed E-state index contributed by atoms with van der Waals surface area (Å²) in [5, 5.41) is 0.382. The monoisotopic (exact) mass is 359 g/mol. The van der Waals surface area contributed by atoms with Crippen molar-refractivity contribution in [3.8, 4) is 0 Å². The number of hydrogen-bond acceptors (Lipinski definition) is 3. The maximum Gasteiger partial charge on any atom is 0.328 e. The van der Waals surface area contributed by atoms with Crippen molar-refractivity contribution in [2.45, 2.75) is 25.8 Å². The molecule has 1 aromatic rings. The van der Waals surface area contributed by atoms with Gasteiger partial charge in [-0.25, -0.2) is 4.79 Å². The summed E-state index contributed by atoms with van der Waals surface area (Å²) >= 11 is 9.39. The normalized spacial score (nSPS) is 18.1. The molecular weight excluding hydrogens is 346 g/mol. The highest BCUT2D eigenvalue weighted by Crippen LogP contribution is 2.26. The highest BCUT2D eigenvalue weighted by molar-refractivity contribution is 9.10. The van der Waals surface area contributed by atoms with Gasteiger partial charge in [0.05, 0.1) is 17.2 Å². The van der Waals surface area contributed by atoms with Crippen LogP contribution in [-0.4, -0.2) is 36.0 Å². The lowest BCUT2D eigenvalue weighted by molar-refractivity contribution is -0.147. The van der Waals surface area contributed by atoms with Gasteiger partial charge in [0, 0.05) is 11.0 Å². The summed E-state index contributed by atoms with van der Waals surface area (Å²) in [4.78, 5) is 26.0. The van der Waals surface area contributed by atoms with Crippen LogP contribution in [0.3, 0.4) is 0 Å². The Morgan fingerprint density at radius 3 is 2.95 bits per heavy atom. The van der Waals surface area contributed by atoms with Crippen LogP contribution in [0.5, 0.6) is 0 Å². The van der Waals surface area contributed by atoms with E-state index in [9.17, 15) is 9.59 Å². The van der Waals surface area contributed by atoms with Crippen molar-refractivity contribution >= 4 is 39.4 Å². The summed E-state index contributed by atoms with van der Waals surface area (Å²) < 4.78 is 5.80. The number of nitrogens with zero attached hydrogens (tertiary/aromatic N) is 1. The standard InChI is InChI=1S/C14H15BrClNO3/c1-2-20-14(19)12-4-3-7-17(12)13(18)10-8-9(15)5-6-11(10)16/h5-6,8,12H,2-4,7H2,1H3. The van der Waals surface area contributed by atoms with Crippen molar-refractivity contribution in [2.75, 3.05) is 13.2 Å². The van der Waals surface area contributed by atoms with Gasteiger partial charge in [0.2, 0.25) is 0 Å². The molecule has 0 radical (unpaired) electrons. The fraction of sp³-hybridized carbons (Fsp3) is 0.429. The Balaban J connectivity index is 2.23. The molecule has 1 amide bonds. The van der Waals surface area contributed by atoms with E-state index in [0.717, 1.165) is 10.9 Å². The van der Waals surface area contributed by atoms with Crippen LogP contribution in [0.15, 0.2) is 22.7 Å². The van der Waals surface area contributed by atoms with Gasteiger partial charge in [-0.1, -0.05) is 27.5 Å². The van der Waals surface area contributed by atoms with Crippen LogP contribution in [0.25, 0.3) is 0 Å². The first-order chi connectivity index (χ1) is 9.54. The Kier molecular flexibility index (Phi) is 5.05. The Morgan fingerprint density at radius 1 is 1.50 bits per heavy atom. The average Bonchev–Trinajstić information content (AvgIpc) is 2.90. The lowest BCUT2D eigenvalue weighted by atomic mass is 10.1.